The first kappa shape index (κ1) is 8.37. The van der Waals surface area contributed by atoms with E-state index >= 15 is 0 Å². The standard InChI is InChI=1S/C8H6F2N2S/c9-8(10)6-3-4(11)7-5(12-6)1-2-13-7/h1-3,8H,(H2,11,12). The van der Waals surface area contributed by atoms with E-state index in [-0.39, 0.29) is 5.69 Å². The lowest BCUT2D eigenvalue weighted by molar-refractivity contribution is 0.146. The molecule has 0 aromatic carbocycles. The van der Waals surface area contributed by atoms with Crippen LogP contribution in [0.5, 0.6) is 0 Å². The molecule has 2 aromatic rings. The zero-order valence-electron chi connectivity index (χ0n) is 6.50. The summed E-state index contributed by atoms with van der Waals surface area (Å²) in [5.74, 6) is 0. The predicted octanol–water partition coefficient (Wildman–Crippen LogP) is 2.82. The molecule has 2 rings (SSSR count). The summed E-state index contributed by atoms with van der Waals surface area (Å²) in [6.07, 6.45) is -2.56. The van der Waals surface area contributed by atoms with E-state index < -0.39 is 6.43 Å². The number of hydrogen-bond acceptors (Lipinski definition) is 3. The number of nitrogens with zero attached hydrogens (tertiary/aromatic N) is 1. The first-order valence-corrected chi connectivity index (χ1v) is 4.48. The van der Waals surface area contributed by atoms with Gasteiger partial charge in [0.15, 0.2) is 0 Å². The molecule has 0 bridgehead atoms. The van der Waals surface area contributed by atoms with E-state index in [0.717, 1.165) is 4.70 Å². The fourth-order valence-electron chi connectivity index (χ4n) is 1.11. The van der Waals surface area contributed by atoms with Crippen molar-refractivity contribution in [1.29, 1.82) is 0 Å². The van der Waals surface area contributed by atoms with Crippen molar-refractivity contribution in [3.63, 3.8) is 0 Å². The number of pyridine rings is 1. The van der Waals surface area contributed by atoms with Crippen molar-refractivity contribution in [1.82, 2.24) is 4.98 Å². The zero-order chi connectivity index (χ0) is 9.42. The van der Waals surface area contributed by atoms with Crippen molar-refractivity contribution in [2.75, 3.05) is 5.73 Å². The molecule has 13 heavy (non-hydrogen) atoms. The molecular formula is C8H6F2N2S. The third-order valence-corrected chi connectivity index (χ3v) is 2.64. The summed E-state index contributed by atoms with van der Waals surface area (Å²) >= 11 is 1.40. The first-order chi connectivity index (χ1) is 6.18. The van der Waals surface area contributed by atoms with E-state index in [2.05, 4.69) is 4.98 Å². The lowest BCUT2D eigenvalue weighted by Gasteiger charge is -2.01. The summed E-state index contributed by atoms with van der Waals surface area (Å²) in [6, 6.07) is 2.91. The van der Waals surface area contributed by atoms with Gasteiger partial charge in [0.25, 0.3) is 6.43 Å². The van der Waals surface area contributed by atoms with Crippen LogP contribution in [-0.4, -0.2) is 4.98 Å². The minimum Gasteiger partial charge on any atom is -0.397 e. The zero-order valence-corrected chi connectivity index (χ0v) is 7.31. The van der Waals surface area contributed by atoms with Gasteiger partial charge in [-0.3, -0.25) is 0 Å². The van der Waals surface area contributed by atoms with Crippen molar-refractivity contribution in [3.8, 4) is 0 Å². The number of anilines is 1. The molecule has 0 aliphatic heterocycles. The van der Waals surface area contributed by atoms with E-state index in [9.17, 15) is 8.78 Å². The van der Waals surface area contributed by atoms with Gasteiger partial charge in [-0.25, -0.2) is 13.8 Å². The van der Waals surface area contributed by atoms with Crippen LogP contribution >= 0.6 is 11.3 Å². The molecule has 0 amide bonds. The van der Waals surface area contributed by atoms with Crippen molar-refractivity contribution in [2.45, 2.75) is 6.43 Å². The average molecular weight is 200 g/mol. The van der Waals surface area contributed by atoms with Crippen molar-refractivity contribution >= 4 is 27.2 Å². The highest BCUT2D eigenvalue weighted by Crippen LogP contribution is 2.29. The predicted molar refractivity (Wildman–Crippen MR) is 49.0 cm³/mol. The van der Waals surface area contributed by atoms with E-state index in [1.807, 2.05) is 0 Å². The quantitative estimate of drug-likeness (QED) is 0.768. The van der Waals surface area contributed by atoms with Crippen LogP contribution in [0.3, 0.4) is 0 Å². The van der Waals surface area contributed by atoms with Crippen LogP contribution in [0.2, 0.25) is 0 Å². The highest BCUT2D eigenvalue weighted by Gasteiger charge is 2.12. The fraction of sp³-hybridized carbons (Fsp3) is 0.125. The molecule has 0 saturated carbocycles. The lowest BCUT2D eigenvalue weighted by atomic mass is 10.3. The van der Waals surface area contributed by atoms with Gasteiger partial charge in [-0.2, -0.15) is 0 Å². The van der Waals surface area contributed by atoms with Gasteiger partial charge in [-0.15, -0.1) is 11.3 Å². The lowest BCUT2D eigenvalue weighted by Crippen LogP contribution is -1.93. The summed E-state index contributed by atoms with van der Waals surface area (Å²) in [5, 5.41) is 1.78. The molecule has 2 aromatic heterocycles. The van der Waals surface area contributed by atoms with Gasteiger partial charge >= 0.3 is 0 Å². The van der Waals surface area contributed by atoms with Crippen LogP contribution in [0, 0.1) is 0 Å². The fourth-order valence-corrected chi connectivity index (χ4v) is 1.88. The number of hydrogen-bond donors (Lipinski definition) is 1. The number of aromatic nitrogens is 1. The summed E-state index contributed by atoms with van der Waals surface area (Å²) < 4.78 is 25.3. The van der Waals surface area contributed by atoms with Crippen LogP contribution in [0.15, 0.2) is 17.5 Å². The number of halogens is 2. The van der Waals surface area contributed by atoms with Crippen LogP contribution in [0.4, 0.5) is 14.5 Å². The molecule has 0 spiro atoms. The Balaban J connectivity index is 2.70. The smallest absolute Gasteiger partial charge is 0.280 e. The Bertz CT molecular complexity index is 439. The van der Waals surface area contributed by atoms with Gasteiger partial charge in [0.2, 0.25) is 0 Å². The van der Waals surface area contributed by atoms with Crippen LogP contribution in [-0.2, 0) is 0 Å². The molecule has 0 saturated heterocycles. The van der Waals surface area contributed by atoms with Gasteiger partial charge in [0.05, 0.1) is 15.9 Å². The van der Waals surface area contributed by atoms with E-state index in [1.54, 1.807) is 11.4 Å². The minimum atomic E-state index is -2.56. The molecule has 0 radical (unpaired) electrons. The Hall–Kier alpha value is -1.23. The normalized spacial score (nSPS) is 11.3. The monoisotopic (exact) mass is 200 g/mol. The summed E-state index contributed by atoms with van der Waals surface area (Å²) in [5.41, 5.74) is 6.23. The Morgan fingerprint density at radius 2 is 2.23 bits per heavy atom. The second kappa shape index (κ2) is 2.92. The first-order valence-electron chi connectivity index (χ1n) is 3.60. The Kier molecular flexibility index (Phi) is 1.88. The van der Waals surface area contributed by atoms with Gasteiger partial charge in [-0.05, 0) is 17.5 Å². The maximum absolute atomic E-state index is 12.3. The van der Waals surface area contributed by atoms with Crippen LogP contribution < -0.4 is 5.73 Å². The van der Waals surface area contributed by atoms with Gasteiger partial charge in [-0.1, -0.05) is 0 Å². The van der Waals surface area contributed by atoms with Gasteiger partial charge in [0.1, 0.15) is 5.69 Å². The maximum atomic E-state index is 12.3. The highest BCUT2D eigenvalue weighted by atomic mass is 32.1. The molecule has 0 atom stereocenters. The number of rotatable bonds is 1. The molecule has 0 aliphatic rings. The molecule has 5 heteroatoms. The molecular weight excluding hydrogens is 194 g/mol. The topological polar surface area (TPSA) is 38.9 Å². The van der Waals surface area contributed by atoms with E-state index in [0.29, 0.717) is 11.2 Å². The number of nitrogen functional groups attached to an aromatic ring is 1. The maximum Gasteiger partial charge on any atom is 0.280 e. The largest absolute Gasteiger partial charge is 0.397 e. The Morgan fingerprint density at radius 1 is 1.46 bits per heavy atom. The number of thiophene rings is 1. The van der Waals surface area contributed by atoms with Crippen LogP contribution in [0.1, 0.15) is 12.1 Å². The molecule has 0 unspecified atom stereocenters. The van der Waals surface area contributed by atoms with Crippen molar-refractivity contribution < 1.29 is 8.78 Å². The third-order valence-electron chi connectivity index (χ3n) is 1.68. The second-order valence-electron chi connectivity index (χ2n) is 2.57. The summed E-state index contributed by atoms with van der Waals surface area (Å²) in [4.78, 5) is 3.78. The number of fused-ring (bicyclic) bond motifs is 1. The third kappa shape index (κ3) is 1.35. The minimum absolute atomic E-state index is 0.261. The molecule has 2 N–H and O–H groups in total. The number of alkyl halides is 2. The van der Waals surface area contributed by atoms with Gasteiger partial charge in [0, 0.05) is 0 Å². The van der Waals surface area contributed by atoms with Crippen molar-refractivity contribution in [3.05, 3.63) is 23.2 Å². The molecule has 2 nitrogen and oxygen atoms in total. The summed E-state index contributed by atoms with van der Waals surface area (Å²) in [7, 11) is 0. The van der Waals surface area contributed by atoms with Crippen LogP contribution in [0.25, 0.3) is 10.2 Å². The van der Waals surface area contributed by atoms with Crippen molar-refractivity contribution in [2.24, 2.45) is 0 Å². The second-order valence-corrected chi connectivity index (χ2v) is 3.49. The van der Waals surface area contributed by atoms with Gasteiger partial charge < -0.3 is 5.73 Å². The summed E-state index contributed by atoms with van der Waals surface area (Å²) in [6.45, 7) is 0. The number of nitrogens with two attached hydrogens (primary N) is 1. The molecule has 2 heterocycles. The van der Waals surface area contributed by atoms with E-state index in [4.69, 9.17) is 5.73 Å². The average Bonchev–Trinajstić information content (AvgIpc) is 2.51. The molecule has 0 fully saturated rings. The molecule has 0 aliphatic carbocycles. The Morgan fingerprint density at radius 3 is 2.92 bits per heavy atom. The molecule has 68 valence electrons. The SMILES string of the molecule is Nc1cc(C(F)F)nc2ccsc12. The Labute approximate surface area is 77.0 Å². The van der Waals surface area contributed by atoms with E-state index in [1.165, 1.54) is 17.4 Å². The highest BCUT2D eigenvalue weighted by molar-refractivity contribution is 7.17.